The molecule has 1 aliphatic heterocycles. The highest BCUT2D eigenvalue weighted by Gasteiger charge is 2.20. The van der Waals surface area contributed by atoms with Crippen LogP contribution in [0.15, 0.2) is 33.7 Å². The van der Waals surface area contributed by atoms with Crippen molar-refractivity contribution < 1.29 is 0 Å². The first-order valence-electron chi connectivity index (χ1n) is 5.87. The molecule has 1 aromatic carbocycles. The lowest BCUT2D eigenvalue weighted by Gasteiger charge is -2.11. The van der Waals surface area contributed by atoms with E-state index in [1.54, 1.807) is 0 Å². The second-order valence-corrected chi connectivity index (χ2v) is 6.86. The third-order valence-electron chi connectivity index (χ3n) is 2.53. The predicted molar refractivity (Wildman–Crippen MR) is 80.9 cm³/mol. The van der Waals surface area contributed by atoms with Gasteiger partial charge in [0, 0.05) is 15.4 Å². The maximum atomic E-state index is 4.55. The van der Waals surface area contributed by atoms with Crippen LogP contribution in [-0.2, 0) is 0 Å². The second-order valence-electron chi connectivity index (χ2n) is 4.65. The first-order valence-corrected chi connectivity index (χ1v) is 7.54. The van der Waals surface area contributed by atoms with Crippen molar-refractivity contribution in [3.8, 4) is 0 Å². The fourth-order valence-corrected chi connectivity index (χ4v) is 3.50. The monoisotopic (exact) mass is 312 g/mol. The predicted octanol–water partition coefficient (Wildman–Crippen LogP) is 4.38. The lowest BCUT2D eigenvalue weighted by Crippen LogP contribution is -2.09. The smallest absolute Gasteiger partial charge is 0.161 e. The third kappa shape index (κ3) is 4.03. The van der Waals surface area contributed by atoms with E-state index in [-0.39, 0.29) is 0 Å². The Kier molecular flexibility index (Phi) is 4.51. The zero-order valence-corrected chi connectivity index (χ0v) is 12.5. The van der Waals surface area contributed by atoms with Crippen LogP contribution < -0.4 is 5.32 Å². The highest BCUT2D eigenvalue weighted by Crippen LogP contribution is 2.27. The lowest BCUT2D eigenvalue weighted by molar-refractivity contribution is 0.575. The Balaban J connectivity index is 1.89. The zero-order valence-electron chi connectivity index (χ0n) is 10.1. The number of halogens is 1. The molecule has 0 radical (unpaired) electrons. The highest BCUT2D eigenvalue weighted by atomic mass is 79.9. The van der Waals surface area contributed by atoms with Gasteiger partial charge in [0.05, 0.1) is 6.54 Å². The van der Waals surface area contributed by atoms with Gasteiger partial charge in [0.25, 0.3) is 0 Å². The van der Waals surface area contributed by atoms with Crippen LogP contribution in [0.25, 0.3) is 0 Å². The Morgan fingerprint density at radius 3 is 3.06 bits per heavy atom. The van der Waals surface area contributed by atoms with E-state index in [1.807, 2.05) is 23.9 Å². The van der Waals surface area contributed by atoms with Crippen LogP contribution in [0.3, 0.4) is 0 Å². The molecule has 1 atom stereocenters. The molecule has 0 saturated heterocycles. The largest absolute Gasteiger partial charge is 0.335 e. The summed E-state index contributed by atoms with van der Waals surface area (Å²) in [5, 5.41) is 5.06. The molecular weight excluding hydrogens is 296 g/mol. The Bertz CT molecular complexity index is 418. The van der Waals surface area contributed by atoms with Crippen molar-refractivity contribution in [2.45, 2.75) is 25.5 Å². The minimum Gasteiger partial charge on any atom is -0.335 e. The first-order chi connectivity index (χ1) is 8.13. The average molecular weight is 313 g/mol. The maximum Gasteiger partial charge on any atom is 0.161 e. The number of hydrogen-bond donors (Lipinski definition) is 1. The minimum absolute atomic E-state index is 0.643. The quantitative estimate of drug-likeness (QED) is 0.895. The number of hydrogen-bond acceptors (Lipinski definition) is 3. The Labute approximate surface area is 115 Å². The van der Waals surface area contributed by atoms with Crippen LogP contribution in [0.4, 0.5) is 5.69 Å². The molecule has 1 aliphatic rings. The fraction of sp³-hybridized carbons (Fsp3) is 0.462. The van der Waals surface area contributed by atoms with Gasteiger partial charge < -0.3 is 5.32 Å². The topological polar surface area (TPSA) is 24.4 Å². The SMILES string of the molecule is CC(C)CC1CN=C(Nc2cccc(Br)c2)S1. The average Bonchev–Trinajstić information content (AvgIpc) is 2.64. The number of thioether (sulfide) groups is 1. The molecule has 1 unspecified atom stereocenters. The van der Waals surface area contributed by atoms with Gasteiger partial charge in [-0.25, -0.2) is 0 Å². The zero-order chi connectivity index (χ0) is 12.3. The second kappa shape index (κ2) is 5.91. The van der Waals surface area contributed by atoms with Gasteiger partial charge in [-0.3, -0.25) is 4.99 Å². The summed E-state index contributed by atoms with van der Waals surface area (Å²) in [6.07, 6.45) is 1.23. The summed E-state index contributed by atoms with van der Waals surface area (Å²) in [5.74, 6) is 0.743. The van der Waals surface area contributed by atoms with Crippen molar-refractivity contribution in [1.29, 1.82) is 0 Å². The van der Waals surface area contributed by atoms with Gasteiger partial charge >= 0.3 is 0 Å². The molecule has 1 aromatic rings. The van der Waals surface area contributed by atoms with Crippen molar-refractivity contribution in [3.05, 3.63) is 28.7 Å². The molecule has 0 aromatic heterocycles. The standard InChI is InChI=1S/C13H17BrN2S/c1-9(2)6-12-8-15-13(17-12)16-11-5-3-4-10(14)7-11/h3-5,7,9,12H,6,8H2,1-2H3,(H,15,16). The summed E-state index contributed by atoms with van der Waals surface area (Å²) >= 11 is 5.33. The van der Waals surface area contributed by atoms with Crippen LogP contribution >= 0.6 is 27.7 Å². The van der Waals surface area contributed by atoms with Crippen LogP contribution in [0, 0.1) is 5.92 Å². The number of anilines is 1. The number of amidine groups is 1. The van der Waals surface area contributed by atoms with Gasteiger partial charge in [-0.15, -0.1) is 0 Å². The molecule has 92 valence electrons. The Morgan fingerprint density at radius 1 is 1.53 bits per heavy atom. The molecule has 17 heavy (non-hydrogen) atoms. The molecule has 0 spiro atoms. The van der Waals surface area contributed by atoms with E-state index in [0.717, 1.165) is 27.8 Å². The summed E-state index contributed by atoms with van der Waals surface area (Å²) in [5.41, 5.74) is 1.09. The minimum atomic E-state index is 0.643. The van der Waals surface area contributed by atoms with E-state index in [9.17, 15) is 0 Å². The number of aliphatic imine (C=N–C) groups is 1. The van der Waals surface area contributed by atoms with E-state index < -0.39 is 0 Å². The van der Waals surface area contributed by atoms with Crippen molar-refractivity contribution >= 4 is 38.5 Å². The van der Waals surface area contributed by atoms with Gasteiger partial charge in [0.15, 0.2) is 5.17 Å². The molecule has 2 nitrogen and oxygen atoms in total. The molecule has 0 fully saturated rings. The van der Waals surface area contributed by atoms with E-state index in [4.69, 9.17) is 0 Å². The van der Waals surface area contributed by atoms with Crippen LogP contribution in [0.1, 0.15) is 20.3 Å². The maximum absolute atomic E-state index is 4.55. The molecule has 0 aliphatic carbocycles. The summed E-state index contributed by atoms with van der Waals surface area (Å²) in [7, 11) is 0. The molecule has 2 rings (SSSR count). The van der Waals surface area contributed by atoms with E-state index in [0.29, 0.717) is 5.25 Å². The summed E-state index contributed by atoms with van der Waals surface area (Å²) in [6, 6.07) is 8.18. The highest BCUT2D eigenvalue weighted by molar-refractivity contribution is 9.10. The van der Waals surface area contributed by atoms with Crippen molar-refractivity contribution in [2.75, 3.05) is 11.9 Å². The molecule has 0 bridgehead atoms. The molecular formula is C13H17BrN2S. The van der Waals surface area contributed by atoms with E-state index in [2.05, 4.69) is 52.2 Å². The number of benzene rings is 1. The summed E-state index contributed by atoms with van der Waals surface area (Å²) < 4.78 is 1.09. The normalized spacial score (nSPS) is 19.5. The number of nitrogens with zero attached hydrogens (tertiary/aromatic N) is 1. The lowest BCUT2D eigenvalue weighted by atomic mass is 10.1. The van der Waals surface area contributed by atoms with E-state index in [1.165, 1.54) is 6.42 Å². The number of nitrogens with one attached hydrogen (secondary N) is 1. The van der Waals surface area contributed by atoms with Gasteiger partial charge in [-0.1, -0.05) is 47.6 Å². The van der Waals surface area contributed by atoms with Crippen LogP contribution in [-0.4, -0.2) is 17.0 Å². The number of rotatable bonds is 3. The fourth-order valence-electron chi connectivity index (χ4n) is 1.82. The van der Waals surface area contributed by atoms with Crippen molar-refractivity contribution in [2.24, 2.45) is 10.9 Å². The molecule has 0 amide bonds. The van der Waals surface area contributed by atoms with Gasteiger partial charge in [-0.2, -0.15) is 0 Å². The van der Waals surface area contributed by atoms with E-state index >= 15 is 0 Å². The molecule has 4 heteroatoms. The molecule has 0 saturated carbocycles. The van der Waals surface area contributed by atoms with Crippen molar-refractivity contribution in [3.63, 3.8) is 0 Å². The van der Waals surface area contributed by atoms with Crippen LogP contribution in [0.5, 0.6) is 0 Å². The van der Waals surface area contributed by atoms with Gasteiger partial charge in [-0.05, 0) is 30.5 Å². The Hall–Kier alpha value is -0.480. The third-order valence-corrected chi connectivity index (χ3v) is 4.15. The molecule has 1 N–H and O–H groups in total. The summed E-state index contributed by atoms with van der Waals surface area (Å²) in [6.45, 7) is 5.47. The van der Waals surface area contributed by atoms with Crippen LogP contribution in [0.2, 0.25) is 0 Å². The Morgan fingerprint density at radius 2 is 2.35 bits per heavy atom. The van der Waals surface area contributed by atoms with Gasteiger partial charge in [0.1, 0.15) is 0 Å². The summed E-state index contributed by atoms with van der Waals surface area (Å²) in [4.78, 5) is 4.55. The molecule has 1 heterocycles. The van der Waals surface area contributed by atoms with Gasteiger partial charge in [0.2, 0.25) is 0 Å². The van der Waals surface area contributed by atoms with Crippen molar-refractivity contribution in [1.82, 2.24) is 0 Å². The first kappa shape index (κ1) is 13.0.